The number of aromatic carboxylic acids is 2. The number of alkyl halides is 6. The van der Waals surface area contributed by atoms with Gasteiger partial charge in [-0.1, -0.05) is 36.4 Å². The number of thioether (sulfide) groups is 1. The third kappa shape index (κ3) is 5.32. The van der Waals surface area contributed by atoms with Crippen LogP contribution in [-0.4, -0.2) is 23.5 Å². The fourth-order valence-electron chi connectivity index (χ4n) is 5.07. The Morgan fingerprint density at radius 1 is 0.800 bits per heavy atom. The van der Waals surface area contributed by atoms with Crippen LogP contribution in [0.2, 0.25) is 0 Å². The zero-order chi connectivity index (χ0) is 29.6. The monoisotopic (exact) mass is 580 g/mol. The molecule has 1 aliphatic heterocycles. The van der Waals surface area contributed by atoms with E-state index in [0.717, 1.165) is 36.0 Å². The Balaban J connectivity index is 2.04. The summed E-state index contributed by atoms with van der Waals surface area (Å²) in [5.74, 6) is -5.15. The number of aryl methyl sites for hydroxylation is 1. The van der Waals surface area contributed by atoms with Crippen LogP contribution >= 0.6 is 11.8 Å². The number of carboxylic acids is 2. The van der Waals surface area contributed by atoms with Crippen LogP contribution in [0.3, 0.4) is 0 Å². The lowest BCUT2D eigenvalue weighted by Gasteiger charge is -2.39. The molecule has 0 spiro atoms. The van der Waals surface area contributed by atoms with E-state index in [0.29, 0.717) is 22.6 Å². The average molecular weight is 581 g/mol. The second-order valence-electron chi connectivity index (χ2n) is 9.43. The van der Waals surface area contributed by atoms with Gasteiger partial charge in [0, 0.05) is 27.3 Å². The van der Waals surface area contributed by atoms with Crippen LogP contribution in [0.15, 0.2) is 59.5 Å². The summed E-state index contributed by atoms with van der Waals surface area (Å²) in [4.78, 5) is 38.3. The Labute approximate surface area is 227 Å². The summed E-state index contributed by atoms with van der Waals surface area (Å²) in [6, 6.07) is 9.33. The summed E-state index contributed by atoms with van der Waals surface area (Å²) in [5.41, 5.74) is -7.91. The molecule has 4 rings (SSSR count). The van der Waals surface area contributed by atoms with Crippen LogP contribution < -0.4 is 10.2 Å². The van der Waals surface area contributed by atoms with Crippen LogP contribution in [0.1, 0.15) is 58.9 Å². The van der Waals surface area contributed by atoms with E-state index in [2.05, 4.69) is 0 Å². The maximum absolute atomic E-state index is 14.2. The summed E-state index contributed by atoms with van der Waals surface area (Å²) in [7, 11) is 0. The second kappa shape index (κ2) is 10.3. The highest BCUT2D eigenvalue weighted by molar-refractivity contribution is 7.99. The number of carbonyl (C=O) groups excluding carboxylic acids is 3. The van der Waals surface area contributed by atoms with Gasteiger partial charge in [-0.25, -0.2) is 0 Å². The van der Waals surface area contributed by atoms with Crippen LogP contribution in [0, 0.1) is 12.3 Å². The van der Waals surface area contributed by atoms with Gasteiger partial charge in [0.15, 0.2) is 5.78 Å². The quantitative estimate of drug-likeness (QED) is 0.398. The lowest BCUT2D eigenvalue weighted by molar-refractivity contribution is -0.256. The molecule has 0 unspecified atom stereocenters. The second-order valence-corrected chi connectivity index (χ2v) is 10.5. The molecular weight excluding hydrogens is 562 g/mol. The van der Waals surface area contributed by atoms with Gasteiger partial charge in [-0.05, 0) is 54.7 Å². The molecule has 0 bridgehead atoms. The number of carbonyl (C=O) groups is 3. The number of rotatable bonds is 6. The van der Waals surface area contributed by atoms with Crippen LogP contribution in [0.5, 0.6) is 0 Å². The van der Waals surface area contributed by atoms with Crippen molar-refractivity contribution in [3.05, 3.63) is 99.1 Å². The summed E-state index contributed by atoms with van der Waals surface area (Å²) >= 11 is 0.998. The molecule has 0 fully saturated rings. The minimum atomic E-state index is -5.08. The maximum atomic E-state index is 14.2. The van der Waals surface area contributed by atoms with E-state index < -0.39 is 81.7 Å². The van der Waals surface area contributed by atoms with Gasteiger partial charge in [0.1, 0.15) is 0 Å². The first-order valence-corrected chi connectivity index (χ1v) is 12.6. The molecule has 12 heteroatoms. The average Bonchev–Trinajstić information content (AvgIpc) is 2.85. The number of ketones is 1. The Bertz CT molecular complexity index is 1450. The lowest BCUT2D eigenvalue weighted by Crippen LogP contribution is -2.43. The van der Waals surface area contributed by atoms with Crippen molar-refractivity contribution < 1.29 is 50.9 Å². The van der Waals surface area contributed by atoms with E-state index in [1.54, 1.807) is 25.1 Å². The first-order chi connectivity index (χ1) is 18.6. The number of benzene rings is 3. The molecule has 3 aromatic rings. The topological polar surface area (TPSA) is 97.3 Å². The summed E-state index contributed by atoms with van der Waals surface area (Å²) in [6.45, 7) is 1.54. The SMILES string of the molecule is Cc1cccc2c1C(=O)C(Cc1c(C(=O)[O-])cccc1C(F)(F)F)(Cc1c(C(=O)[O-])cccc1C(F)(F)F)CS2. The van der Waals surface area contributed by atoms with Crippen molar-refractivity contribution in [2.45, 2.75) is 37.0 Å². The number of halogens is 6. The molecule has 0 radical (unpaired) electrons. The highest BCUT2D eigenvalue weighted by atomic mass is 32.2. The molecule has 1 aliphatic rings. The molecule has 210 valence electrons. The van der Waals surface area contributed by atoms with Gasteiger partial charge in [-0.2, -0.15) is 26.3 Å². The standard InChI is InChI=1S/C28H20F6O5S/c1-14-5-2-10-21-22(14)23(35)26(13-40-21,11-17-15(24(36)37)6-3-8-19(17)27(29,30)31)12-18-16(25(38)39)7-4-9-20(18)28(32,33)34/h2-10H,11-13H2,1H3,(H,36,37)(H,38,39)/p-2. The predicted octanol–water partition coefficient (Wildman–Crippen LogP) is 4.52. The minimum absolute atomic E-state index is 0.0535. The van der Waals surface area contributed by atoms with E-state index in [1.807, 2.05) is 0 Å². The van der Waals surface area contributed by atoms with Gasteiger partial charge in [0.2, 0.25) is 0 Å². The van der Waals surface area contributed by atoms with Gasteiger partial charge in [0.25, 0.3) is 0 Å². The van der Waals surface area contributed by atoms with Gasteiger partial charge < -0.3 is 19.8 Å². The molecule has 0 N–H and O–H groups in total. The van der Waals surface area contributed by atoms with Crippen molar-refractivity contribution in [3.63, 3.8) is 0 Å². The molecule has 0 atom stereocenters. The number of hydrogen-bond donors (Lipinski definition) is 0. The maximum Gasteiger partial charge on any atom is 0.416 e. The number of Topliss-reactive ketones (excluding diaryl/α,β-unsaturated/α-hetero) is 1. The molecule has 0 saturated heterocycles. The van der Waals surface area contributed by atoms with Crippen molar-refractivity contribution in [2.75, 3.05) is 5.75 Å². The molecule has 1 heterocycles. The minimum Gasteiger partial charge on any atom is -0.545 e. The molecule has 0 saturated carbocycles. The molecule has 0 amide bonds. The van der Waals surface area contributed by atoms with Gasteiger partial charge in [-0.15, -0.1) is 11.8 Å². The lowest BCUT2D eigenvalue weighted by atomic mass is 9.69. The van der Waals surface area contributed by atoms with Crippen molar-refractivity contribution >= 4 is 29.5 Å². The molecule has 0 aliphatic carbocycles. The molecule has 3 aromatic carbocycles. The molecule has 5 nitrogen and oxygen atoms in total. The van der Waals surface area contributed by atoms with E-state index in [1.165, 1.54) is 0 Å². The van der Waals surface area contributed by atoms with E-state index in [4.69, 9.17) is 0 Å². The smallest absolute Gasteiger partial charge is 0.416 e. The first-order valence-electron chi connectivity index (χ1n) is 11.6. The van der Waals surface area contributed by atoms with Gasteiger partial charge >= 0.3 is 12.4 Å². The fourth-order valence-corrected chi connectivity index (χ4v) is 6.41. The van der Waals surface area contributed by atoms with Gasteiger partial charge in [0.05, 0.1) is 28.5 Å². The normalized spacial score (nSPS) is 15.0. The summed E-state index contributed by atoms with van der Waals surface area (Å²) < 4.78 is 84.3. The Morgan fingerprint density at radius 3 is 1.68 bits per heavy atom. The van der Waals surface area contributed by atoms with Crippen molar-refractivity contribution in [3.8, 4) is 0 Å². The third-order valence-corrected chi connectivity index (χ3v) is 8.23. The van der Waals surface area contributed by atoms with E-state index in [-0.39, 0.29) is 11.3 Å². The molecular formula is C28H18F6O5S-2. The van der Waals surface area contributed by atoms with E-state index >= 15 is 0 Å². The Kier molecular flexibility index (Phi) is 7.52. The van der Waals surface area contributed by atoms with Crippen LogP contribution in [0.25, 0.3) is 0 Å². The largest absolute Gasteiger partial charge is 0.545 e. The molecule has 40 heavy (non-hydrogen) atoms. The number of carboxylic acid groups (broad SMARTS) is 2. The summed E-state index contributed by atoms with van der Waals surface area (Å²) in [5, 5.41) is 23.7. The predicted molar refractivity (Wildman–Crippen MR) is 128 cm³/mol. The highest BCUT2D eigenvalue weighted by Gasteiger charge is 2.48. The molecule has 0 aromatic heterocycles. The zero-order valence-electron chi connectivity index (χ0n) is 20.5. The van der Waals surface area contributed by atoms with Crippen molar-refractivity contribution in [2.24, 2.45) is 5.41 Å². The van der Waals surface area contributed by atoms with Crippen LogP contribution in [0.4, 0.5) is 26.3 Å². The summed E-state index contributed by atoms with van der Waals surface area (Å²) in [6.07, 6.45) is -12.1. The van der Waals surface area contributed by atoms with Crippen molar-refractivity contribution in [1.82, 2.24) is 0 Å². The number of hydrogen-bond acceptors (Lipinski definition) is 6. The zero-order valence-corrected chi connectivity index (χ0v) is 21.4. The van der Waals surface area contributed by atoms with Crippen LogP contribution in [-0.2, 0) is 25.2 Å². The Hall–Kier alpha value is -3.80. The third-order valence-electron chi connectivity index (χ3n) is 6.88. The first kappa shape index (κ1) is 29.2. The fraction of sp³-hybridized carbons (Fsp3) is 0.250. The highest BCUT2D eigenvalue weighted by Crippen LogP contribution is 2.48. The van der Waals surface area contributed by atoms with Gasteiger partial charge in [-0.3, -0.25) is 4.79 Å². The number of fused-ring (bicyclic) bond motifs is 1. The Morgan fingerprint density at radius 2 is 1.25 bits per heavy atom. The van der Waals surface area contributed by atoms with E-state index in [9.17, 15) is 50.9 Å². The van der Waals surface area contributed by atoms with Crippen molar-refractivity contribution in [1.29, 1.82) is 0 Å².